The number of hydrogen-bond acceptors (Lipinski definition) is 6. The maximum atomic E-state index is 12.7. The predicted octanol–water partition coefficient (Wildman–Crippen LogP) is 2.04. The van der Waals surface area contributed by atoms with E-state index in [0.717, 1.165) is 22.1 Å². The molecule has 0 radical (unpaired) electrons. The zero-order valence-corrected chi connectivity index (χ0v) is 16.9. The molecule has 0 bridgehead atoms. The number of carbonyl (C=O) groups is 2. The lowest BCUT2D eigenvalue weighted by atomic mass is 10.1. The quantitative estimate of drug-likeness (QED) is 0.789. The Kier molecular flexibility index (Phi) is 6.05. The van der Waals surface area contributed by atoms with Crippen molar-refractivity contribution in [3.8, 4) is 0 Å². The van der Waals surface area contributed by atoms with Crippen molar-refractivity contribution in [1.82, 2.24) is 20.5 Å². The second kappa shape index (κ2) is 8.28. The Hall–Kier alpha value is -1.77. The minimum Gasteiger partial charge on any atom is -0.353 e. The Morgan fingerprint density at radius 2 is 2.31 bits per heavy atom. The van der Waals surface area contributed by atoms with E-state index < -0.39 is 6.04 Å². The van der Waals surface area contributed by atoms with Crippen LogP contribution in [0.15, 0.2) is 16.8 Å². The fraction of sp³-hybridized carbons (Fsp3) is 0.500. The molecule has 0 spiro atoms. The van der Waals surface area contributed by atoms with Gasteiger partial charge in [-0.3, -0.25) is 14.5 Å². The highest BCUT2D eigenvalue weighted by molar-refractivity contribution is 7.11. The Morgan fingerprint density at radius 1 is 1.50 bits per heavy atom. The third kappa shape index (κ3) is 4.49. The molecule has 3 heterocycles. The largest absolute Gasteiger partial charge is 0.353 e. The number of aryl methyl sites for hydroxylation is 2. The fourth-order valence-electron chi connectivity index (χ4n) is 3.00. The molecule has 0 aromatic carbocycles. The van der Waals surface area contributed by atoms with Crippen LogP contribution in [0.5, 0.6) is 0 Å². The van der Waals surface area contributed by atoms with Gasteiger partial charge in [0.1, 0.15) is 5.01 Å². The van der Waals surface area contributed by atoms with Crippen LogP contribution in [0, 0.1) is 13.8 Å². The molecule has 2 aromatic heterocycles. The van der Waals surface area contributed by atoms with E-state index in [0.29, 0.717) is 13.0 Å². The van der Waals surface area contributed by atoms with Crippen molar-refractivity contribution in [1.29, 1.82) is 0 Å². The molecule has 6 nitrogen and oxygen atoms in total. The normalized spacial score (nSPS) is 19.2. The number of thiophene rings is 1. The molecule has 2 unspecified atom stereocenters. The first kappa shape index (κ1) is 19.0. The van der Waals surface area contributed by atoms with Gasteiger partial charge < -0.3 is 10.6 Å². The van der Waals surface area contributed by atoms with Gasteiger partial charge in [0.25, 0.3) is 0 Å². The van der Waals surface area contributed by atoms with Gasteiger partial charge in [0.2, 0.25) is 11.8 Å². The zero-order chi connectivity index (χ0) is 18.7. The van der Waals surface area contributed by atoms with Gasteiger partial charge in [-0.1, -0.05) is 0 Å². The number of nitrogens with one attached hydrogen (secondary N) is 2. The van der Waals surface area contributed by atoms with Crippen molar-refractivity contribution in [2.75, 3.05) is 20.1 Å². The second-order valence-corrected chi connectivity index (χ2v) is 8.66. The van der Waals surface area contributed by atoms with Crippen molar-refractivity contribution in [2.45, 2.75) is 38.8 Å². The van der Waals surface area contributed by atoms with Crippen LogP contribution < -0.4 is 10.6 Å². The summed E-state index contributed by atoms with van der Waals surface area (Å²) in [5, 5.41) is 11.0. The summed E-state index contributed by atoms with van der Waals surface area (Å²) in [5.41, 5.74) is 2.18. The van der Waals surface area contributed by atoms with Gasteiger partial charge in [0.15, 0.2) is 0 Å². The molecule has 1 aliphatic heterocycles. The highest BCUT2D eigenvalue weighted by atomic mass is 32.1. The van der Waals surface area contributed by atoms with E-state index >= 15 is 0 Å². The molecular formula is C18H24N4O2S2. The van der Waals surface area contributed by atoms with E-state index in [1.165, 1.54) is 5.56 Å². The average molecular weight is 393 g/mol. The first-order valence-corrected chi connectivity index (χ1v) is 10.4. The van der Waals surface area contributed by atoms with Gasteiger partial charge in [-0.05, 0) is 43.3 Å². The van der Waals surface area contributed by atoms with Crippen LogP contribution in [0.3, 0.4) is 0 Å². The van der Waals surface area contributed by atoms with Crippen LogP contribution in [0.25, 0.3) is 0 Å². The van der Waals surface area contributed by atoms with Gasteiger partial charge in [-0.2, -0.15) is 11.3 Å². The summed E-state index contributed by atoms with van der Waals surface area (Å²) in [6, 6.07) is 1.48. The highest BCUT2D eigenvalue weighted by Gasteiger charge is 2.30. The third-order valence-electron chi connectivity index (χ3n) is 4.68. The van der Waals surface area contributed by atoms with E-state index in [1.54, 1.807) is 22.7 Å². The monoisotopic (exact) mass is 392 g/mol. The van der Waals surface area contributed by atoms with Crippen molar-refractivity contribution in [3.05, 3.63) is 38.0 Å². The first-order chi connectivity index (χ1) is 12.4. The van der Waals surface area contributed by atoms with Crippen molar-refractivity contribution in [3.63, 3.8) is 0 Å². The number of carbonyl (C=O) groups excluding carboxylic acids is 2. The van der Waals surface area contributed by atoms with Crippen molar-refractivity contribution in [2.24, 2.45) is 0 Å². The minimum absolute atomic E-state index is 0.0794. The smallest absolute Gasteiger partial charge is 0.237 e. The Morgan fingerprint density at radius 3 is 2.92 bits per heavy atom. The summed E-state index contributed by atoms with van der Waals surface area (Å²) in [7, 11) is 1.88. The van der Waals surface area contributed by atoms with Crippen LogP contribution in [0.4, 0.5) is 0 Å². The van der Waals surface area contributed by atoms with Gasteiger partial charge >= 0.3 is 0 Å². The molecule has 140 valence electrons. The van der Waals surface area contributed by atoms with Crippen LogP contribution in [0.2, 0.25) is 0 Å². The van der Waals surface area contributed by atoms with Crippen LogP contribution in [0.1, 0.15) is 33.6 Å². The molecule has 0 aliphatic carbocycles. The van der Waals surface area contributed by atoms with Crippen molar-refractivity contribution < 1.29 is 9.59 Å². The molecule has 2 amide bonds. The van der Waals surface area contributed by atoms with Gasteiger partial charge in [0.05, 0.1) is 24.2 Å². The standard InChI is InChI=1S/C18H24N4O2S2/c1-11-12(2)26-18(20-11)14(8-13-4-7-25-10-13)21-16(23)9-15-17(24)19-5-6-22(15)3/h4,7,10,14-15H,5-6,8-9H2,1-3H3,(H,19,24)(H,21,23). The van der Waals surface area contributed by atoms with Crippen molar-refractivity contribution >= 4 is 34.5 Å². The van der Waals surface area contributed by atoms with Gasteiger partial charge in [0, 0.05) is 24.4 Å². The predicted molar refractivity (Wildman–Crippen MR) is 105 cm³/mol. The van der Waals surface area contributed by atoms with Gasteiger partial charge in [-0.25, -0.2) is 4.98 Å². The second-order valence-electron chi connectivity index (χ2n) is 6.64. The maximum Gasteiger partial charge on any atom is 0.237 e. The molecule has 1 fully saturated rings. The summed E-state index contributed by atoms with van der Waals surface area (Å²) in [4.78, 5) is 32.5. The number of aromatic nitrogens is 1. The fourth-order valence-corrected chi connectivity index (χ4v) is 4.65. The molecule has 8 heteroatoms. The van der Waals surface area contributed by atoms with E-state index in [2.05, 4.69) is 27.1 Å². The lowest BCUT2D eigenvalue weighted by molar-refractivity contribution is -0.133. The number of rotatable bonds is 6. The molecule has 3 rings (SSSR count). The maximum absolute atomic E-state index is 12.7. The molecule has 26 heavy (non-hydrogen) atoms. The highest BCUT2D eigenvalue weighted by Crippen LogP contribution is 2.26. The van der Waals surface area contributed by atoms with Crippen LogP contribution in [-0.2, 0) is 16.0 Å². The third-order valence-corrected chi connectivity index (χ3v) is 6.59. The first-order valence-electron chi connectivity index (χ1n) is 8.66. The van der Waals surface area contributed by atoms with E-state index in [-0.39, 0.29) is 24.3 Å². The number of thiazole rings is 1. The summed E-state index contributed by atoms with van der Waals surface area (Å²) in [6.45, 7) is 5.42. The van der Waals surface area contributed by atoms with E-state index in [9.17, 15) is 9.59 Å². The summed E-state index contributed by atoms with van der Waals surface area (Å²) < 4.78 is 0. The summed E-state index contributed by atoms with van der Waals surface area (Å²) >= 11 is 3.27. The Balaban J connectivity index is 1.72. The lowest BCUT2D eigenvalue weighted by Gasteiger charge is -2.31. The zero-order valence-electron chi connectivity index (χ0n) is 15.2. The Labute approximate surface area is 161 Å². The van der Waals surface area contributed by atoms with Gasteiger partial charge in [-0.15, -0.1) is 11.3 Å². The number of likely N-dealkylation sites (N-methyl/N-ethyl adjacent to an activating group) is 1. The number of amides is 2. The van der Waals surface area contributed by atoms with Crippen LogP contribution >= 0.6 is 22.7 Å². The Bertz CT molecular complexity index is 753. The molecule has 0 saturated carbocycles. The summed E-state index contributed by atoms with van der Waals surface area (Å²) in [6.07, 6.45) is 0.861. The molecule has 2 aromatic rings. The summed E-state index contributed by atoms with van der Waals surface area (Å²) in [5.74, 6) is -0.200. The number of nitrogens with zero attached hydrogens (tertiary/aromatic N) is 2. The van der Waals surface area contributed by atoms with E-state index in [4.69, 9.17) is 0 Å². The number of hydrogen-bond donors (Lipinski definition) is 2. The minimum atomic E-state index is -0.412. The van der Waals surface area contributed by atoms with Crippen LogP contribution in [-0.4, -0.2) is 47.9 Å². The number of piperazine rings is 1. The molecule has 1 saturated heterocycles. The average Bonchev–Trinajstić information content (AvgIpc) is 3.21. The molecule has 2 N–H and O–H groups in total. The topological polar surface area (TPSA) is 74.3 Å². The molecular weight excluding hydrogens is 368 g/mol. The lowest BCUT2D eigenvalue weighted by Crippen LogP contribution is -2.55. The SMILES string of the molecule is Cc1nc(C(Cc2ccsc2)NC(=O)CC2C(=O)NCCN2C)sc1C. The molecule has 2 atom stereocenters. The molecule has 1 aliphatic rings. The van der Waals surface area contributed by atoms with E-state index in [1.807, 2.05) is 31.2 Å².